The van der Waals surface area contributed by atoms with E-state index in [1.807, 2.05) is 26.0 Å². The zero-order valence-electron chi connectivity index (χ0n) is 16.7. The van der Waals surface area contributed by atoms with Crippen LogP contribution < -0.4 is 14.8 Å². The van der Waals surface area contributed by atoms with Crippen LogP contribution in [0, 0.1) is 13.8 Å². The second-order valence-electron chi connectivity index (χ2n) is 6.72. The third-order valence-corrected chi connectivity index (χ3v) is 6.18. The van der Waals surface area contributed by atoms with Gasteiger partial charge in [0.05, 0.1) is 17.8 Å². The van der Waals surface area contributed by atoms with Crippen molar-refractivity contribution in [1.82, 2.24) is 0 Å². The van der Waals surface area contributed by atoms with Gasteiger partial charge in [-0.15, -0.1) is 0 Å². The van der Waals surface area contributed by atoms with Crippen LogP contribution in [-0.4, -0.2) is 21.4 Å². The molecule has 3 rings (SSSR count). The van der Waals surface area contributed by atoms with E-state index < -0.39 is 10.0 Å². The smallest absolute Gasteiger partial charge is 0.265 e. The standard InChI is InChI=1S/C22H21ClN2O4S/c1-14-8-9-15(2)17(12-14)22(26)24-16-10-11-20(29-3)21(13-16)30(27,28)25-19-7-5-4-6-18(19)23/h4-13,25H,1-3H3,(H,24,26). The third-order valence-electron chi connectivity index (χ3n) is 4.47. The number of hydrogen-bond donors (Lipinski definition) is 2. The molecular formula is C22H21ClN2O4S. The van der Waals surface area contributed by atoms with Crippen LogP contribution in [0.2, 0.25) is 5.02 Å². The first-order valence-electron chi connectivity index (χ1n) is 9.05. The molecule has 0 atom stereocenters. The quantitative estimate of drug-likeness (QED) is 0.559. The number of sulfonamides is 1. The minimum atomic E-state index is -4.03. The molecule has 156 valence electrons. The van der Waals surface area contributed by atoms with E-state index in [-0.39, 0.29) is 27.3 Å². The van der Waals surface area contributed by atoms with Crippen molar-refractivity contribution < 1.29 is 17.9 Å². The summed E-state index contributed by atoms with van der Waals surface area (Å²) in [7, 11) is -2.65. The van der Waals surface area contributed by atoms with E-state index in [1.54, 1.807) is 36.4 Å². The Labute approximate surface area is 180 Å². The van der Waals surface area contributed by atoms with Crippen molar-refractivity contribution in [3.8, 4) is 5.75 Å². The molecule has 3 aromatic rings. The van der Waals surface area contributed by atoms with Crippen molar-refractivity contribution in [1.29, 1.82) is 0 Å². The predicted molar refractivity (Wildman–Crippen MR) is 119 cm³/mol. The molecule has 8 heteroatoms. The van der Waals surface area contributed by atoms with E-state index in [0.717, 1.165) is 11.1 Å². The Morgan fingerprint density at radius 3 is 2.43 bits per heavy atom. The summed E-state index contributed by atoms with van der Waals surface area (Å²) in [6, 6.07) is 16.5. The fourth-order valence-electron chi connectivity index (χ4n) is 2.89. The molecule has 1 amide bonds. The summed E-state index contributed by atoms with van der Waals surface area (Å²) in [5, 5.41) is 3.02. The Balaban J connectivity index is 1.94. The lowest BCUT2D eigenvalue weighted by Gasteiger charge is -2.15. The highest BCUT2D eigenvalue weighted by Crippen LogP contribution is 2.31. The van der Waals surface area contributed by atoms with E-state index in [4.69, 9.17) is 16.3 Å². The van der Waals surface area contributed by atoms with Gasteiger partial charge in [0.1, 0.15) is 10.6 Å². The second kappa shape index (κ2) is 8.77. The maximum absolute atomic E-state index is 13.0. The fourth-order valence-corrected chi connectivity index (χ4v) is 4.40. The molecule has 3 aromatic carbocycles. The molecule has 6 nitrogen and oxygen atoms in total. The maximum atomic E-state index is 13.0. The first-order chi connectivity index (χ1) is 14.2. The topological polar surface area (TPSA) is 84.5 Å². The lowest BCUT2D eigenvalue weighted by molar-refractivity contribution is 0.102. The van der Waals surface area contributed by atoms with Crippen molar-refractivity contribution in [2.24, 2.45) is 0 Å². The number of para-hydroxylation sites is 1. The number of aryl methyl sites for hydroxylation is 2. The van der Waals surface area contributed by atoms with Crippen molar-refractivity contribution in [2.75, 3.05) is 17.1 Å². The molecule has 30 heavy (non-hydrogen) atoms. The fraction of sp³-hybridized carbons (Fsp3) is 0.136. The van der Waals surface area contributed by atoms with Crippen LogP contribution in [0.3, 0.4) is 0 Å². The Bertz CT molecular complexity index is 1210. The molecule has 0 aliphatic heterocycles. The van der Waals surface area contributed by atoms with Gasteiger partial charge in [0, 0.05) is 11.3 Å². The number of methoxy groups -OCH3 is 1. The summed E-state index contributed by atoms with van der Waals surface area (Å²) in [4.78, 5) is 12.6. The van der Waals surface area contributed by atoms with Gasteiger partial charge in [-0.2, -0.15) is 0 Å². The largest absolute Gasteiger partial charge is 0.495 e. The van der Waals surface area contributed by atoms with Gasteiger partial charge in [-0.05, 0) is 55.8 Å². The number of benzene rings is 3. The third kappa shape index (κ3) is 4.75. The van der Waals surface area contributed by atoms with E-state index in [0.29, 0.717) is 11.3 Å². The first-order valence-corrected chi connectivity index (χ1v) is 10.9. The second-order valence-corrected chi connectivity index (χ2v) is 8.78. The summed E-state index contributed by atoms with van der Waals surface area (Å²) in [6.45, 7) is 3.74. The molecule has 0 aliphatic carbocycles. The Morgan fingerprint density at radius 1 is 1.00 bits per heavy atom. The SMILES string of the molecule is COc1ccc(NC(=O)c2cc(C)ccc2C)cc1S(=O)(=O)Nc1ccccc1Cl. The van der Waals surface area contributed by atoms with Crippen LogP contribution in [0.5, 0.6) is 5.75 Å². The van der Waals surface area contributed by atoms with Gasteiger partial charge >= 0.3 is 0 Å². The van der Waals surface area contributed by atoms with E-state index in [2.05, 4.69) is 10.0 Å². The molecule has 0 saturated carbocycles. The average molecular weight is 445 g/mol. The zero-order valence-corrected chi connectivity index (χ0v) is 18.3. The summed E-state index contributed by atoms with van der Waals surface area (Å²) in [5.74, 6) is -0.192. The molecule has 0 fully saturated rings. The average Bonchev–Trinajstić information content (AvgIpc) is 2.71. The van der Waals surface area contributed by atoms with Gasteiger partial charge in [-0.3, -0.25) is 9.52 Å². The zero-order chi connectivity index (χ0) is 21.9. The highest BCUT2D eigenvalue weighted by Gasteiger charge is 2.22. The number of anilines is 2. The Hall–Kier alpha value is -3.03. The molecule has 0 spiro atoms. The van der Waals surface area contributed by atoms with Crippen LogP contribution in [0.25, 0.3) is 0 Å². The Morgan fingerprint density at radius 2 is 1.73 bits per heavy atom. The lowest BCUT2D eigenvalue weighted by Crippen LogP contribution is -2.17. The van der Waals surface area contributed by atoms with Crippen LogP contribution in [0.4, 0.5) is 11.4 Å². The van der Waals surface area contributed by atoms with Crippen molar-refractivity contribution in [3.05, 3.63) is 82.4 Å². The van der Waals surface area contributed by atoms with Crippen molar-refractivity contribution in [2.45, 2.75) is 18.7 Å². The molecule has 0 saturated heterocycles. The number of rotatable bonds is 6. The summed E-state index contributed by atoms with van der Waals surface area (Å²) >= 11 is 6.07. The number of ether oxygens (including phenoxy) is 1. The van der Waals surface area contributed by atoms with Crippen molar-refractivity contribution in [3.63, 3.8) is 0 Å². The van der Waals surface area contributed by atoms with Gasteiger partial charge in [0.25, 0.3) is 15.9 Å². The normalized spacial score (nSPS) is 11.1. The summed E-state index contributed by atoms with van der Waals surface area (Å²) in [5.41, 5.74) is 2.85. The number of halogens is 1. The highest BCUT2D eigenvalue weighted by atomic mass is 35.5. The number of hydrogen-bond acceptors (Lipinski definition) is 4. The van der Waals surface area contributed by atoms with Gasteiger partial charge in [-0.25, -0.2) is 8.42 Å². The van der Waals surface area contributed by atoms with Crippen LogP contribution in [-0.2, 0) is 10.0 Å². The summed E-state index contributed by atoms with van der Waals surface area (Å²) < 4.78 is 33.6. The van der Waals surface area contributed by atoms with Crippen LogP contribution >= 0.6 is 11.6 Å². The maximum Gasteiger partial charge on any atom is 0.265 e. The summed E-state index contributed by atoms with van der Waals surface area (Å²) in [6.07, 6.45) is 0. The number of carbonyl (C=O) groups is 1. The van der Waals surface area contributed by atoms with Gasteiger partial charge in [0.2, 0.25) is 0 Å². The molecule has 0 unspecified atom stereocenters. The number of amides is 1. The minimum Gasteiger partial charge on any atom is -0.495 e. The van der Waals surface area contributed by atoms with Crippen LogP contribution in [0.1, 0.15) is 21.5 Å². The molecule has 0 heterocycles. The first kappa shape index (κ1) is 21.7. The molecule has 0 bridgehead atoms. The van der Waals surface area contributed by atoms with Gasteiger partial charge in [0.15, 0.2) is 0 Å². The highest BCUT2D eigenvalue weighted by molar-refractivity contribution is 7.92. The van der Waals surface area contributed by atoms with E-state index in [1.165, 1.54) is 19.2 Å². The minimum absolute atomic E-state index is 0.122. The van der Waals surface area contributed by atoms with E-state index >= 15 is 0 Å². The number of carbonyl (C=O) groups excluding carboxylic acids is 1. The van der Waals surface area contributed by atoms with Crippen LogP contribution in [0.15, 0.2) is 65.6 Å². The number of nitrogens with one attached hydrogen (secondary N) is 2. The predicted octanol–water partition coefficient (Wildman–Crippen LogP) is 5.02. The lowest BCUT2D eigenvalue weighted by atomic mass is 10.1. The molecule has 0 radical (unpaired) electrons. The molecular weight excluding hydrogens is 424 g/mol. The van der Waals surface area contributed by atoms with Crippen molar-refractivity contribution >= 4 is 38.9 Å². The van der Waals surface area contributed by atoms with E-state index in [9.17, 15) is 13.2 Å². The molecule has 0 aliphatic rings. The van der Waals surface area contributed by atoms with Gasteiger partial charge < -0.3 is 10.1 Å². The Kier molecular flexibility index (Phi) is 6.34. The molecule has 2 N–H and O–H groups in total. The molecule has 0 aromatic heterocycles. The monoisotopic (exact) mass is 444 g/mol. The van der Waals surface area contributed by atoms with Gasteiger partial charge in [-0.1, -0.05) is 41.4 Å².